The van der Waals surface area contributed by atoms with Gasteiger partial charge in [0.05, 0.1) is 31.4 Å². The predicted molar refractivity (Wildman–Crippen MR) is 117 cm³/mol. The highest BCUT2D eigenvalue weighted by molar-refractivity contribution is 6.01. The van der Waals surface area contributed by atoms with Crippen molar-refractivity contribution >= 4 is 11.6 Å². The number of carbonyl (C=O) groups is 1. The van der Waals surface area contributed by atoms with Crippen LogP contribution in [0, 0.1) is 0 Å². The highest BCUT2D eigenvalue weighted by Gasteiger charge is 2.40. The van der Waals surface area contributed by atoms with Gasteiger partial charge in [-0.1, -0.05) is 24.3 Å². The highest BCUT2D eigenvalue weighted by atomic mass is 16.5. The van der Waals surface area contributed by atoms with Crippen molar-refractivity contribution in [3.63, 3.8) is 0 Å². The zero-order chi connectivity index (χ0) is 21.5. The van der Waals surface area contributed by atoms with E-state index in [4.69, 9.17) is 9.47 Å². The van der Waals surface area contributed by atoms with Gasteiger partial charge in [0.25, 0.3) is 5.56 Å². The Hall–Kier alpha value is -3.74. The van der Waals surface area contributed by atoms with E-state index in [1.807, 2.05) is 42.5 Å². The number of H-pyrrole nitrogens is 1. The van der Waals surface area contributed by atoms with Gasteiger partial charge < -0.3 is 14.8 Å². The van der Waals surface area contributed by atoms with Gasteiger partial charge in [-0.3, -0.25) is 14.7 Å². The van der Waals surface area contributed by atoms with Gasteiger partial charge in [0, 0.05) is 29.3 Å². The van der Waals surface area contributed by atoms with Crippen LogP contribution in [0.3, 0.4) is 0 Å². The fourth-order valence-electron chi connectivity index (χ4n) is 4.56. The number of Topliss-reactive ketones (excluding diaryl/α,β-unsaturated/α-hetero) is 1. The molecule has 2 heterocycles. The molecule has 7 heteroatoms. The van der Waals surface area contributed by atoms with Crippen molar-refractivity contribution in [2.75, 3.05) is 19.5 Å². The molecule has 0 saturated carbocycles. The first-order valence-corrected chi connectivity index (χ1v) is 10.3. The minimum atomic E-state index is -0.520. The molecule has 1 aromatic heterocycles. The summed E-state index contributed by atoms with van der Waals surface area (Å²) in [7, 11) is 3.17. The van der Waals surface area contributed by atoms with E-state index < -0.39 is 5.92 Å². The molecule has 1 aliphatic heterocycles. The van der Waals surface area contributed by atoms with Crippen LogP contribution in [0.15, 0.2) is 64.6 Å². The molecule has 3 aromatic rings. The van der Waals surface area contributed by atoms with E-state index in [-0.39, 0.29) is 11.3 Å². The third-order valence-electron chi connectivity index (χ3n) is 6.00. The van der Waals surface area contributed by atoms with Gasteiger partial charge in [-0.05, 0) is 31.0 Å². The molecule has 1 atom stereocenters. The standard InChI is InChI=1S/C24H23N3O4/c1-30-15-11-12-16(19(13-15)31-2)20-21-17(9-6-10-18(21)28)25-23-22(20)24(29)27(26-23)14-7-4-3-5-8-14/h3-5,7-8,11-13,20,25-26H,6,9-10H2,1-2H3/t20-/m0/s1. The third kappa shape index (κ3) is 3.04. The van der Waals surface area contributed by atoms with Crippen molar-refractivity contribution in [1.29, 1.82) is 0 Å². The Kier molecular flexibility index (Phi) is 4.66. The fourth-order valence-corrected chi connectivity index (χ4v) is 4.56. The summed E-state index contributed by atoms with van der Waals surface area (Å²) in [5.74, 6) is 1.39. The second kappa shape index (κ2) is 7.50. The SMILES string of the molecule is COc1ccc([C@H]2C3=C(CCCC3=O)Nc3[nH]n(-c4ccccc4)c(=O)c32)c(OC)c1. The number of anilines is 1. The largest absolute Gasteiger partial charge is 0.497 e. The van der Waals surface area contributed by atoms with Crippen molar-refractivity contribution in [3.8, 4) is 17.2 Å². The molecule has 0 spiro atoms. The van der Waals surface area contributed by atoms with Crippen LogP contribution in [0.25, 0.3) is 5.69 Å². The molecule has 5 rings (SSSR count). The van der Waals surface area contributed by atoms with Crippen molar-refractivity contribution in [2.24, 2.45) is 0 Å². The number of nitrogens with one attached hydrogen (secondary N) is 2. The first-order chi connectivity index (χ1) is 15.1. The smallest absolute Gasteiger partial charge is 0.277 e. The molecule has 0 bridgehead atoms. The maximum absolute atomic E-state index is 13.6. The van der Waals surface area contributed by atoms with Crippen LogP contribution in [-0.2, 0) is 4.79 Å². The Balaban J connectivity index is 1.76. The Morgan fingerprint density at radius 1 is 1.00 bits per heavy atom. The number of para-hydroxylation sites is 1. The molecule has 0 radical (unpaired) electrons. The quantitative estimate of drug-likeness (QED) is 0.675. The summed E-state index contributed by atoms with van der Waals surface area (Å²) < 4.78 is 12.5. The molecule has 1 aliphatic carbocycles. The maximum Gasteiger partial charge on any atom is 0.277 e. The molecule has 7 nitrogen and oxygen atoms in total. The number of hydrogen-bond acceptors (Lipinski definition) is 5. The zero-order valence-corrected chi connectivity index (χ0v) is 17.4. The van der Waals surface area contributed by atoms with Crippen molar-refractivity contribution in [1.82, 2.24) is 9.78 Å². The Morgan fingerprint density at radius 2 is 1.81 bits per heavy atom. The molecule has 2 aromatic carbocycles. The van der Waals surface area contributed by atoms with Crippen molar-refractivity contribution in [3.05, 3.63) is 81.3 Å². The van der Waals surface area contributed by atoms with Crippen LogP contribution in [0.1, 0.15) is 36.3 Å². The number of allylic oxidation sites excluding steroid dienone is 2. The lowest BCUT2D eigenvalue weighted by Crippen LogP contribution is -2.30. The summed E-state index contributed by atoms with van der Waals surface area (Å²) in [6.45, 7) is 0. The average molecular weight is 417 g/mol. The van der Waals surface area contributed by atoms with Gasteiger partial charge in [-0.25, -0.2) is 4.68 Å². The number of methoxy groups -OCH3 is 2. The van der Waals surface area contributed by atoms with Gasteiger partial charge in [0.15, 0.2) is 5.78 Å². The Bertz CT molecular complexity index is 1250. The monoisotopic (exact) mass is 417 g/mol. The number of ketones is 1. The third-order valence-corrected chi connectivity index (χ3v) is 6.00. The van der Waals surface area contributed by atoms with E-state index >= 15 is 0 Å². The summed E-state index contributed by atoms with van der Waals surface area (Å²) >= 11 is 0. The number of carbonyl (C=O) groups excluding carboxylic acids is 1. The van der Waals surface area contributed by atoms with Crippen LogP contribution >= 0.6 is 0 Å². The van der Waals surface area contributed by atoms with Gasteiger partial charge in [-0.15, -0.1) is 0 Å². The van der Waals surface area contributed by atoms with Crippen molar-refractivity contribution in [2.45, 2.75) is 25.2 Å². The number of hydrogen-bond donors (Lipinski definition) is 2. The van der Waals surface area contributed by atoms with Gasteiger partial charge >= 0.3 is 0 Å². The molecule has 0 amide bonds. The summed E-state index contributed by atoms with van der Waals surface area (Å²) in [6, 6.07) is 14.9. The Labute approximate surface area is 179 Å². The van der Waals surface area contributed by atoms with Crippen LogP contribution in [-0.4, -0.2) is 29.8 Å². The minimum Gasteiger partial charge on any atom is -0.497 e. The fraction of sp³-hybridized carbons (Fsp3) is 0.250. The number of benzene rings is 2. The molecule has 0 fully saturated rings. The molecule has 2 aliphatic rings. The molecule has 2 N–H and O–H groups in total. The van der Waals surface area contributed by atoms with E-state index in [9.17, 15) is 9.59 Å². The van der Waals surface area contributed by atoms with Gasteiger partial charge in [-0.2, -0.15) is 0 Å². The minimum absolute atomic E-state index is 0.0640. The first-order valence-electron chi connectivity index (χ1n) is 10.3. The lowest BCUT2D eigenvalue weighted by atomic mass is 9.76. The van der Waals surface area contributed by atoms with E-state index in [1.165, 1.54) is 4.68 Å². The Morgan fingerprint density at radius 3 is 2.55 bits per heavy atom. The number of rotatable bonds is 4. The van der Waals surface area contributed by atoms with Gasteiger partial charge in [0.2, 0.25) is 0 Å². The van der Waals surface area contributed by atoms with E-state index in [0.717, 1.165) is 29.8 Å². The van der Waals surface area contributed by atoms with Crippen LogP contribution in [0.5, 0.6) is 11.5 Å². The van der Waals surface area contributed by atoms with Gasteiger partial charge in [0.1, 0.15) is 17.3 Å². The first kappa shape index (κ1) is 19.2. The van der Waals surface area contributed by atoms with E-state index in [1.54, 1.807) is 20.3 Å². The predicted octanol–water partition coefficient (Wildman–Crippen LogP) is 3.75. The number of ether oxygens (including phenoxy) is 2. The van der Waals surface area contributed by atoms with Crippen LogP contribution < -0.4 is 20.3 Å². The molecular weight excluding hydrogens is 394 g/mol. The number of aromatic nitrogens is 2. The average Bonchev–Trinajstić information content (AvgIpc) is 3.14. The number of fused-ring (bicyclic) bond motifs is 1. The summed E-state index contributed by atoms with van der Waals surface area (Å²) in [4.78, 5) is 26.6. The van der Waals surface area contributed by atoms with Crippen molar-refractivity contribution < 1.29 is 14.3 Å². The second-order valence-corrected chi connectivity index (χ2v) is 7.71. The normalized spacial score (nSPS) is 17.6. The second-order valence-electron chi connectivity index (χ2n) is 7.71. The summed E-state index contributed by atoms with van der Waals surface area (Å²) in [6.07, 6.45) is 2.02. The van der Waals surface area contributed by atoms with E-state index in [2.05, 4.69) is 10.4 Å². The molecular formula is C24H23N3O4. The number of nitrogens with zero attached hydrogens (tertiary/aromatic N) is 1. The summed E-state index contributed by atoms with van der Waals surface area (Å²) in [5, 5.41) is 6.54. The molecule has 0 saturated heterocycles. The highest BCUT2D eigenvalue weighted by Crippen LogP contribution is 2.46. The zero-order valence-electron chi connectivity index (χ0n) is 17.4. The van der Waals surface area contributed by atoms with Crippen LogP contribution in [0.2, 0.25) is 0 Å². The van der Waals surface area contributed by atoms with Crippen LogP contribution in [0.4, 0.5) is 5.82 Å². The molecule has 158 valence electrons. The van der Waals surface area contributed by atoms with E-state index in [0.29, 0.717) is 34.9 Å². The topological polar surface area (TPSA) is 85.4 Å². The molecule has 0 unspecified atom stereocenters. The molecule has 31 heavy (non-hydrogen) atoms. The lowest BCUT2D eigenvalue weighted by molar-refractivity contribution is -0.116. The maximum atomic E-state index is 13.6. The number of aromatic amines is 1. The lowest BCUT2D eigenvalue weighted by Gasteiger charge is -2.31. The summed E-state index contributed by atoms with van der Waals surface area (Å²) in [5.41, 5.74) is 3.34.